The van der Waals surface area contributed by atoms with Gasteiger partial charge in [0.25, 0.3) is 23.6 Å². The van der Waals surface area contributed by atoms with Crippen molar-refractivity contribution in [2.45, 2.75) is 12.5 Å². The van der Waals surface area contributed by atoms with Crippen LogP contribution in [0.1, 0.15) is 27.6 Å². The van der Waals surface area contributed by atoms with Gasteiger partial charge in [0.2, 0.25) is 5.54 Å². The topological polar surface area (TPSA) is 104 Å². The summed E-state index contributed by atoms with van der Waals surface area (Å²) in [6, 6.07) is -1.20. The number of carbonyl (C=O) groups is 5. The molecule has 8 nitrogen and oxygen atoms in total. The smallest absolute Gasteiger partial charge is 0.275 e. The van der Waals surface area contributed by atoms with E-state index in [-0.39, 0.29) is 9.57 Å². The monoisotopic (exact) mass is 391 g/mol. The van der Waals surface area contributed by atoms with Gasteiger partial charge in [0.1, 0.15) is 0 Å². The Kier molecular flexibility index (Phi) is 3.66. The van der Waals surface area contributed by atoms with Crippen LogP contribution < -0.4 is 5.32 Å². The van der Waals surface area contributed by atoms with Gasteiger partial charge in [0, 0.05) is 0 Å². The van der Waals surface area contributed by atoms with Crippen molar-refractivity contribution in [2.75, 3.05) is 0 Å². The zero-order valence-electron chi connectivity index (χ0n) is 12.5. The number of halogens is 4. The van der Waals surface area contributed by atoms with Crippen LogP contribution in [0.4, 0.5) is 22.4 Å². The number of nitrogens with zero attached hydrogens (tertiary/aromatic N) is 2. The van der Waals surface area contributed by atoms with Crippen LogP contribution >= 0.6 is 9.39 Å². The van der Waals surface area contributed by atoms with E-state index < -0.39 is 69.6 Å². The summed E-state index contributed by atoms with van der Waals surface area (Å²) < 4.78 is 54.9. The van der Waals surface area contributed by atoms with Gasteiger partial charge in [-0.2, -0.15) is 0 Å². The predicted octanol–water partition coefficient (Wildman–Crippen LogP) is 0.466. The lowest BCUT2D eigenvalue weighted by Gasteiger charge is -2.39. The minimum atomic E-state index is -2.73. The lowest BCUT2D eigenvalue weighted by molar-refractivity contribution is -0.146. The number of hydrogen-bond acceptors (Lipinski definition) is 5. The highest BCUT2D eigenvalue weighted by Crippen LogP contribution is 2.37. The molecule has 2 atom stereocenters. The van der Waals surface area contributed by atoms with Gasteiger partial charge >= 0.3 is 6.03 Å². The van der Waals surface area contributed by atoms with Crippen LogP contribution in [0.25, 0.3) is 0 Å². The molecule has 1 N–H and O–H groups in total. The van der Waals surface area contributed by atoms with Crippen LogP contribution in [0, 0.1) is 23.3 Å². The molecule has 1 aromatic carbocycles. The fourth-order valence-corrected chi connectivity index (χ4v) is 2.97. The summed E-state index contributed by atoms with van der Waals surface area (Å²) in [5.41, 5.74) is -5.64. The largest absolute Gasteiger partial charge is 0.333 e. The van der Waals surface area contributed by atoms with Gasteiger partial charge in [0.05, 0.1) is 11.1 Å². The number of carbonyl (C=O) groups excluding carboxylic acids is 5. The van der Waals surface area contributed by atoms with Crippen molar-refractivity contribution in [3.63, 3.8) is 0 Å². The van der Waals surface area contributed by atoms with E-state index in [9.17, 15) is 41.5 Å². The Morgan fingerprint density at radius 2 is 1.27 bits per heavy atom. The average molecular weight is 391 g/mol. The summed E-state index contributed by atoms with van der Waals surface area (Å²) in [5, 5.41) is 1.67. The molecular formula is C13H6F4N3O5P. The number of barbiturate groups is 1. The second kappa shape index (κ2) is 5.31. The second-order valence-electron chi connectivity index (χ2n) is 5.46. The van der Waals surface area contributed by atoms with Gasteiger partial charge in [-0.3, -0.25) is 24.5 Å². The molecule has 13 heteroatoms. The number of hydrogen-bond donors (Lipinski definition) is 1. The van der Waals surface area contributed by atoms with E-state index >= 15 is 0 Å². The minimum Gasteiger partial charge on any atom is -0.275 e. The highest BCUT2D eigenvalue weighted by Gasteiger charge is 2.61. The summed E-state index contributed by atoms with van der Waals surface area (Å²) in [7, 11) is 1.62. The standard InChI is InChI=1S/C13H6F4N3O5P/c1-13(10(23)18-12(25)20(26)11(13)24)19-8(21)2-3(9(19)22)5(15)7(17)6(16)4(2)14/h26H2,1H3,(H,18,23,25). The van der Waals surface area contributed by atoms with Crippen LogP contribution in [-0.4, -0.2) is 44.8 Å². The van der Waals surface area contributed by atoms with Crippen molar-refractivity contribution in [1.82, 2.24) is 14.9 Å². The molecule has 0 spiro atoms. The Morgan fingerprint density at radius 3 is 1.69 bits per heavy atom. The van der Waals surface area contributed by atoms with Crippen LogP contribution in [0.3, 0.4) is 0 Å². The number of amides is 6. The molecule has 26 heavy (non-hydrogen) atoms. The zero-order chi connectivity index (χ0) is 19.7. The van der Waals surface area contributed by atoms with Crippen molar-refractivity contribution in [2.24, 2.45) is 0 Å². The SMILES string of the molecule is CC1(N2C(=O)c3c(F)c(F)c(F)c(F)c3C2=O)C(=O)NC(=O)N(P)C1=O. The molecule has 136 valence electrons. The molecule has 0 bridgehead atoms. The molecule has 2 aliphatic heterocycles. The number of rotatable bonds is 1. The summed E-state index contributed by atoms with van der Waals surface area (Å²) in [6.45, 7) is 0.734. The highest BCUT2D eigenvalue weighted by atomic mass is 31.0. The van der Waals surface area contributed by atoms with E-state index in [0.29, 0.717) is 0 Å². The van der Waals surface area contributed by atoms with E-state index in [1.54, 1.807) is 14.7 Å². The fraction of sp³-hybridized carbons (Fsp3) is 0.154. The first-order valence-electron chi connectivity index (χ1n) is 6.65. The number of imide groups is 3. The lowest BCUT2D eigenvalue weighted by atomic mass is 9.95. The molecule has 1 saturated heterocycles. The second-order valence-corrected chi connectivity index (χ2v) is 5.97. The molecule has 6 amide bonds. The lowest BCUT2D eigenvalue weighted by Crippen LogP contribution is -2.71. The van der Waals surface area contributed by atoms with E-state index in [2.05, 4.69) is 0 Å². The zero-order valence-corrected chi connectivity index (χ0v) is 13.7. The van der Waals surface area contributed by atoms with Crippen molar-refractivity contribution >= 4 is 39.1 Å². The van der Waals surface area contributed by atoms with Crippen molar-refractivity contribution in [1.29, 1.82) is 0 Å². The molecule has 0 radical (unpaired) electrons. The summed E-state index contributed by atoms with van der Waals surface area (Å²) in [4.78, 5) is 60.6. The van der Waals surface area contributed by atoms with E-state index in [1.165, 1.54) is 0 Å². The molecule has 3 rings (SSSR count). The molecule has 0 aromatic heterocycles. The fourth-order valence-electron chi connectivity index (χ4n) is 2.66. The maximum Gasteiger partial charge on any atom is 0.333 e. The summed E-state index contributed by atoms with van der Waals surface area (Å²) in [6.07, 6.45) is 0. The van der Waals surface area contributed by atoms with Crippen molar-refractivity contribution < 1.29 is 41.5 Å². The Bertz CT molecular complexity index is 921. The first kappa shape index (κ1) is 17.9. The maximum atomic E-state index is 13.9. The third-order valence-electron chi connectivity index (χ3n) is 4.06. The minimum absolute atomic E-state index is 0.149. The molecule has 2 heterocycles. The third-order valence-corrected chi connectivity index (χ3v) is 4.53. The van der Waals surface area contributed by atoms with Gasteiger partial charge in [-0.25, -0.2) is 31.9 Å². The van der Waals surface area contributed by atoms with Gasteiger partial charge in [-0.1, -0.05) is 0 Å². The Morgan fingerprint density at radius 1 is 0.846 bits per heavy atom. The van der Waals surface area contributed by atoms with Gasteiger partial charge in [-0.05, 0) is 16.3 Å². The first-order chi connectivity index (χ1) is 12.0. The van der Waals surface area contributed by atoms with Crippen molar-refractivity contribution in [3.8, 4) is 0 Å². The molecule has 0 saturated carbocycles. The Hall–Kier alpha value is -2.88. The molecule has 1 aromatic rings. The van der Waals surface area contributed by atoms with Crippen LogP contribution in [-0.2, 0) is 9.59 Å². The van der Waals surface area contributed by atoms with Gasteiger partial charge < -0.3 is 0 Å². The quantitative estimate of drug-likeness (QED) is 0.187. The molecule has 0 aliphatic carbocycles. The van der Waals surface area contributed by atoms with Crippen LogP contribution in [0.15, 0.2) is 0 Å². The van der Waals surface area contributed by atoms with E-state index in [4.69, 9.17) is 0 Å². The van der Waals surface area contributed by atoms with Gasteiger partial charge in [-0.15, -0.1) is 0 Å². The van der Waals surface area contributed by atoms with Crippen LogP contribution in [0.5, 0.6) is 0 Å². The number of nitrogens with one attached hydrogen (secondary N) is 1. The predicted molar refractivity (Wildman–Crippen MR) is 75.3 cm³/mol. The Balaban J connectivity index is 2.25. The summed E-state index contributed by atoms with van der Waals surface area (Å²) >= 11 is 0. The molecule has 2 unspecified atom stereocenters. The van der Waals surface area contributed by atoms with E-state index in [0.717, 1.165) is 6.92 Å². The normalized spacial score (nSPS) is 22.9. The number of benzene rings is 1. The first-order valence-corrected chi connectivity index (χ1v) is 7.17. The number of fused-ring (bicyclic) bond motifs is 1. The van der Waals surface area contributed by atoms with Crippen LogP contribution in [0.2, 0.25) is 0 Å². The van der Waals surface area contributed by atoms with Gasteiger partial charge in [0.15, 0.2) is 23.3 Å². The van der Waals surface area contributed by atoms with Crippen molar-refractivity contribution in [3.05, 3.63) is 34.4 Å². The highest BCUT2D eigenvalue weighted by molar-refractivity contribution is 7.16. The third kappa shape index (κ3) is 1.90. The maximum absolute atomic E-state index is 13.9. The molecule has 2 aliphatic rings. The number of urea groups is 1. The average Bonchev–Trinajstić information content (AvgIpc) is 2.85. The van der Waals surface area contributed by atoms with E-state index in [1.807, 2.05) is 0 Å². The molecular weight excluding hydrogens is 385 g/mol. The summed E-state index contributed by atoms with van der Waals surface area (Å²) in [5.74, 6) is -15.3. The Labute approximate surface area is 143 Å². The molecule has 1 fully saturated rings.